The van der Waals surface area contributed by atoms with Crippen molar-refractivity contribution in [1.82, 2.24) is 4.90 Å². The molecule has 1 saturated heterocycles. The first kappa shape index (κ1) is 21.4. The predicted octanol–water partition coefficient (Wildman–Crippen LogP) is 5.48. The number of ether oxygens (including phenoxy) is 1. The van der Waals surface area contributed by atoms with Crippen molar-refractivity contribution in [2.75, 3.05) is 6.54 Å². The molecule has 32 heavy (non-hydrogen) atoms. The third-order valence-electron chi connectivity index (χ3n) is 5.42. The van der Waals surface area contributed by atoms with Crippen molar-refractivity contribution in [2.45, 2.75) is 25.5 Å². The summed E-state index contributed by atoms with van der Waals surface area (Å²) < 4.78 is 46.3. The van der Waals surface area contributed by atoms with Crippen LogP contribution in [0.4, 0.5) is 13.2 Å². The normalized spacial score (nSPS) is 15.4. The number of carbonyl (C=O) groups excluding carboxylic acids is 1. The molecule has 162 valence electrons. The van der Waals surface area contributed by atoms with Gasteiger partial charge in [-0.25, -0.2) is 13.2 Å². The highest BCUT2D eigenvalue weighted by Gasteiger charge is 2.29. The van der Waals surface area contributed by atoms with Crippen molar-refractivity contribution in [2.24, 2.45) is 0 Å². The first-order valence-corrected chi connectivity index (χ1v) is 10.1. The molecule has 4 nitrogen and oxygen atoms in total. The summed E-state index contributed by atoms with van der Waals surface area (Å²) in [6.07, 6.45) is 1.51. The number of benzene rings is 3. The zero-order chi connectivity index (χ0) is 22.7. The molecule has 3 aromatic rings. The van der Waals surface area contributed by atoms with Gasteiger partial charge in [-0.2, -0.15) is 5.26 Å². The van der Waals surface area contributed by atoms with Crippen LogP contribution in [0.3, 0.4) is 0 Å². The predicted molar refractivity (Wildman–Crippen MR) is 112 cm³/mol. The van der Waals surface area contributed by atoms with Crippen molar-refractivity contribution in [3.8, 4) is 22.9 Å². The molecule has 0 radical (unpaired) electrons. The molecule has 3 aromatic carbocycles. The minimum absolute atomic E-state index is 0.0424. The Bertz CT molecular complexity index is 1190. The molecule has 1 heterocycles. The second-order valence-corrected chi connectivity index (χ2v) is 7.55. The van der Waals surface area contributed by atoms with Crippen LogP contribution in [0, 0.1) is 28.8 Å². The number of amides is 1. The molecule has 0 N–H and O–H groups in total. The summed E-state index contributed by atoms with van der Waals surface area (Å²) >= 11 is 0. The van der Waals surface area contributed by atoms with Crippen LogP contribution in [0.5, 0.6) is 5.75 Å². The lowest BCUT2D eigenvalue weighted by Gasteiger charge is -2.19. The minimum atomic E-state index is -1.24. The minimum Gasteiger partial charge on any atom is -0.489 e. The Balaban J connectivity index is 1.43. The SMILES string of the molecule is N#CC1CCCN1C(=O)c1cccc(COc2ccc(-c3cc(F)c(F)cc3F)cc2)c1. The summed E-state index contributed by atoms with van der Waals surface area (Å²) in [5, 5.41) is 9.21. The van der Waals surface area contributed by atoms with E-state index in [0.717, 1.165) is 18.1 Å². The molecule has 7 heteroatoms. The number of rotatable bonds is 5. The average molecular weight is 436 g/mol. The van der Waals surface area contributed by atoms with Gasteiger partial charge in [0.1, 0.15) is 24.2 Å². The summed E-state index contributed by atoms with van der Waals surface area (Å²) in [6, 6.07) is 16.5. The Morgan fingerprint density at radius 1 is 1.03 bits per heavy atom. The molecule has 1 unspecified atom stereocenters. The maximum atomic E-state index is 14.0. The van der Waals surface area contributed by atoms with E-state index in [1.807, 2.05) is 6.07 Å². The fourth-order valence-electron chi connectivity index (χ4n) is 3.75. The van der Waals surface area contributed by atoms with Crippen LogP contribution >= 0.6 is 0 Å². The van der Waals surface area contributed by atoms with Gasteiger partial charge in [-0.05, 0) is 54.3 Å². The number of hydrogen-bond acceptors (Lipinski definition) is 3. The molecule has 1 aliphatic rings. The number of hydrogen-bond donors (Lipinski definition) is 0. The van der Waals surface area contributed by atoms with E-state index in [4.69, 9.17) is 4.74 Å². The Kier molecular flexibility index (Phi) is 6.13. The van der Waals surface area contributed by atoms with Gasteiger partial charge in [0.15, 0.2) is 11.6 Å². The third kappa shape index (κ3) is 4.45. The van der Waals surface area contributed by atoms with Crippen molar-refractivity contribution >= 4 is 5.91 Å². The summed E-state index contributed by atoms with van der Waals surface area (Å²) in [4.78, 5) is 14.3. The lowest BCUT2D eigenvalue weighted by Crippen LogP contribution is -2.34. The topological polar surface area (TPSA) is 53.3 Å². The number of carbonyl (C=O) groups is 1. The first-order valence-electron chi connectivity index (χ1n) is 10.1. The molecule has 1 fully saturated rings. The van der Waals surface area contributed by atoms with Gasteiger partial charge in [-0.3, -0.25) is 4.79 Å². The van der Waals surface area contributed by atoms with Crippen LogP contribution in [-0.4, -0.2) is 23.4 Å². The van der Waals surface area contributed by atoms with Gasteiger partial charge in [-0.15, -0.1) is 0 Å². The quantitative estimate of drug-likeness (QED) is 0.498. The van der Waals surface area contributed by atoms with Crippen LogP contribution in [0.1, 0.15) is 28.8 Å². The number of likely N-dealkylation sites (tertiary alicyclic amines) is 1. The molecule has 1 aliphatic heterocycles. The first-order chi connectivity index (χ1) is 15.5. The highest BCUT2D eigenvalue weighted by molar-refractivity contribution is 5.95. The Labute approximate surface area is 183 Å². The van der Waals surface area contributed by atoms with Crippen LogP contribution in [-0.2, 0) is 6.61 Å². The Hall–Kier alpha value is -3.79. The van der Waals surface area contributed by atoms with Crippen LogP contribution in [0.25, 0.3) is 11.1 Å². The number of nitriles is 1. The van der Waals surface area contributed by atoms with E-state index < -0.39 is 17.5 Å². The second-order valence-electron chi connectivity index (χ2n) is 7.55. The molecule has 1 amide bonds. The molecular formula is C25H19F3N2O2. The number of nitrogens with zero attached hydrogens (tertiary/aromatic N) is 2. The van der Waals surface area contributed by atoms with Crippen LogP contribution < -0.4 is 4.74 Å². The smallest absolute Gasteiger partial charge is 0.254 e. The zero-order valence-electron chi connectivity index (χ0n) is 17.0. The van der Waals surface area contributed by atoms with Gasteiger partial charge in [0.05, 0.1) is 6.07 Å². The van der Waals surface area contributed by atoms with E-state index in [1.54, 1.807) is 47.4 Å². The highest BCUT2D eigenvalue weighted by atomic mass is 19.2. The second kappa shape index (κ2) is 9.15. The molecule has 0 saturated carbocycles. The summed E-state index contributed by atoms with van der Waals surface area (Å²) in [5.74, 6) is -2.88. The number of halogens is 3. The van der Waals surface area contributed by atoms with Crippen molar-refractivity contribution < 1.29 is 22.7 Å². The fourth-order valence-corrected chi connectivity index (χ4v) is 3.75. The van der Waals surface area contributed by atoms with Gasteiger partial charge in [-0.1, -0.05) is 24.3 Å². The van der Waals surface area contributed by atoms with Crippen molar-refractivity contribution in [3.63, 3.8) is 0 Å². The fraction of sp³-hybridized carbons (Fsp3) is 0.200. The van der Waals surface area contributed by atoms with Crippen LogP contribution in [0.2, 0.25) is 0 Å². The molecular weight excluding hydrogens is 417 g/mol. The van der Waals surface area contributed by atoms with E-state index in [-0.39, 0.29) is 24.1 Å². The third-order valence-corrected chi connectivity index (χ3v) is 5.42. The Morgan fingerprint density at radius 3 is 2.53 bits per heavy atom. The lowest BCUT2D eigenvalue weighted by molar-refractivity contribution is 0.0764. The maximum Gasteiger partial charge on any atom is 0.254 e. The average Bonchev–Trinajstić information content (AvgIpc) is 3.29. The molecule has 0 aromatic heterocycles. The monoisotopic (exact) mass is 436 g/mol. The van der Waals surface area contributed by atoms with Gasteiger partial charge >= 0.3 is 0 Å². The van der Waals surface area contributed by atoms with Crippen molar-refractivity contribution in [1.29, 1.82) is 5.26 Å². The van der Waals surface area contributed by atoms with E-state index in [1.165, 1.54) is 0 Å². The van der Waals surface area contributed by atoms with Gasteiger partial charge in [0, 0.05) is 23.7 Å². The van der Waals surface area contributed by atoms with Gasteiger partial charge < -0.3 is 9.64 Å². The molecule has 4 rings (SSSR count). The molecule has 0 spiro atoms. The van der Waals surface area contributed by atoms with E-state index in [2.05, 4.69) is 6.07 Å². The zero-order valence-corrected chi connectivity index (χ0v) is 17.0. The van der Waals surface area contributed by atoms with Gasteiger partial charge in [0.25, 0.3) is 5.91 Å². The molecule has 1 atom stereocenters. The van der Waals surface area contributed by atoms with Crippen LogP contribution in [0.15, 0.2) is 60.7 Å². The summed E-state index contributed by atoms with van der Waals surface area (Å²) in [5.41, 5.74) is 1.62. The standard InChI is InChI=1S/C25H19F3N2O2/c26-22-13-24(28)23(27)12-21(22)17-6-8-20(9-7-17)32-15-16-3-1-4-18(11-16)25(31)30-10-2-5-19(30)14-29/h1,3-4,6-9,11-13,19H,2,5,10,15H2. The summed E-state index contributed by atoms with van der Waals surface area (Å²) in [6.45, 7) is 0.768. The molecule has 0 bridgehead atoms. The largest absolute Gasteiger partial charge is 0.489 e. The van der Waals surface area contributed by atoms with E-state index in [9.17, 15) is 23.2 Å². The van der Waals surface area contributed by atoms with E-state index in [0.29, 0.717) is 35.9 Å². The van der Waals surface area contributed by atoms with Gasteiger partial charge in [0.2, 0.25) is 0 Å². The maximum absolute atomic E-state index is 14.0. The molecule has 0 aliphatic carbocycles. The van der Waals surface area contributed by atoms with E-state index >= 15 is 0 Å². The lowest BCUT2D eigenvalue weighted by atomic mass is 10.0. The Morgan fingerprint density at radius 2 is 1.78 bits per heavy atom. The van der Waals surface area contributed by atoms with Crippen molar-refractivity contribution in [3.05, 3.63) is 89.2 Å². The summed E-state index contributed by atoms with van der Waals surface area (Å²) in [7, 11) is 0. The highest BCUT2D eigenvalue weighted by Crippen LogP contribution is 2.27.